The number of hydrogen-bond donors (Lipinski definition) is 2. The fourth-order valence-corrected chi connectivity index (χ4v) is 3.83. The molecule has 1 unspecified atom stereocenters. The number of phenols is 1. The number of amides is 1. The number of nitrogens with zero attached hydrogens (tertiary/aromatic N) is 3. The average Bonchev–Trinajstić information content (AvgIpc) is 3.28. The molecule has 9 heteroatoms. The summed E-state index contributed by atoms with van der Waals surface area (Å²) in [5, 5.41) is 28.3. The van der Waals surface area contributed by atoms with Crippen LogP contribution in [0.4, 0.5) is 5.69 Å². The highest BCUT2D eigenvalue weighted by atomic mass is 16.6. The Kier molecular flexibility index (Phi) is 5.20. The van der Waals surface area contributed by atoms with Crippen molar-refractivity contribution in [2.24, 2.45) is 0 Å². The molecule has 0 aliphatic carbocycles. The predicted molar refractivity (Wildman–Crippen MR) is 108 cm³/mol. The molecule has 2 N–H and O–H groups in total. The number of carbonyl (C=O) groups is 1. The van der Waals surface area contributed by atoms with E-state index in [-0.39, 0.29) is 17.3 Å². The molecule has 154 valence electrons. The van der Waals surface area contributed by atoms with Gasteiger partial charge in [-0.15, -0.1) is 0 Å². The number of carbonyl (C=O) groups excluding carboxylic acids is 1. The molecule has 2 heterocycles. The van der Waals surface area contributed by atoms with Crippen molar-refractivity contribution in [3.63, 3.8) is 0 Å². The first-order valence-electron chi connectivity index (χ1n) is 9.43. The zero-order chi connectivity index (χ0) is 21.3. The number of aromatic hydroxyl groups is 1. The van der Waals surface area contributed by atoms with Crippen LogP contribution in [0.1, 0.15) is 34.1 Å². The molecular weight excluding hydrogens is 388 g/mol. The van der Waals surface area contributed by atoms with E-state index in [9.17, 15) is 20.0 Å². The van der Waals surface area contributed by atoms with E-state index in [4.69, 9.17) is 4.74 Å². The van der Waals surface area contributed by atoms with Crippen molar-refractivity contribution in [3.8, 4) is 17.0 Å². The van der Waals surface area contributed by atoms with E-state index < -0.39 is 11.0 Å². The number of benzene rings is 2. The van der Waals surface area contributed by atoms with Gasteiger partial charge in [0.25, 0.3) is 11.6 Å². The van der Waals surface area contributed by atoms with Crippen LogP contribution in [0.15, 0.2) is 48.5 Å². The molecule has 1 atom stereocenters. The highest BCUT2D eigenvalue weighted by Gasteiger charge is 2.42. The Hall–Kier alpha value is -3.72. The summed E-state index contributed by atoms with van der Waals surface area (Å²) in [5.74, 6) is -0.121. The number of fused-ring (bicyclic) bond motifs is 1. The van der Waals surface area contributed by atoms with Crippen LogP contribution in [0, 0.1) is 10.1 Å². The Bertz CT molecular complexity index is 1110. The number of ether oxygens (including phenoxy) is 1. The summed E-state index contributed by atoms with van der Waals surface area (Å²) in [7, 11) is 1.60. The third-order valence-corrected chi connectivity index (χ3v) is 5.13. The molecule has 2 aromatic carbocycles. The molecule has 0 radical (unpaired) electrons. The standard InChI is InChI=1S/C21H20N4O5/c1-30-10-4-9-24-20(14-6-3-8-16(26)12-14)17-18(22-23-19(17)21(24)27)13-5-2-7-15(11-13)25(28)29/h2-3,5-8,11-12,20,26H,4,9-10H2,1H3,(H,22,23). The maximum Gasteiger partial charge on any atom is 0.273 e. The molecule has 0 spiro atoms. The Balaban J connectivity index is 1.84. The molecule has 0 fully saturated rings. The van der Waals surface area contributed by atoms with Gasteiger partial charge >= 0.3 is 0 Å². The number of hydrogen-bond acceptors (Lipinski definition) is 6. The quantitative estimate of drug-likeness (QED) is 0.351. The number of non-ortho nitro benzene ring substituents is 1. The Morgan fingerprint density at radius 1 is 1.27 bits per heavy atom. The Labute approximate surface area is 172 Å². The van der Waals surface area contributed by atoms with Crippen molar-refractivity contribution in [2.75, 3.05) is 20.3 Å². The SMILES string of the molecule is COCCCN1C(=O)c2[nH]nc(-c3cccc([N+](=O)[O-])c3)c2C1c1cccc(O)c1. The normalized spacial score (nSPS) is 15.4. The average molecular weight is 408 g/mol. The number of phenolic OH excluding ortho intramolecular Hbond substituents is 1. The molecular formula is C21H20N4O5. The third-order valence-electron chi connectivity index (χ3n) is 5.13. The van der Waals surface area contributed by atoms with Crippen molar-refractivity contribution < 1.29 is 19.6 Å². The van der Waals surface area contributed by atoms with E-state index in [1.165, 1.54) is 12.1 Å². The van der Waals surface area contributed by atoms with Crippen LogP contribution >= 0.6 is 0 Å². The summed E-state index contributed by atoms with van der Waals surface area (Å²) in [5.41, 5.74) is 2.68. The van der Waals surface area contributed by atoms with Crippen LogP contribution in [0.2, 0.25) is 0 Å². The van der Waals surface area contributed by atoms with Gasteiger partial charge in [-0.3, -0.25) is 20.0 Å². The van der Waals surface area contributed by atoms with Gasteiger partial charge in [0, 0.05) is 43.5 Å². The van der Waals surface area contributed by atoms with Crippen molar-refractivity contribution in [2.45, 2.75) is 12.5 Å². The summed E-state index contributed by atoms with van der Waals surface area (Å²) in [6.07, 6.45) is 0.640. The van der Waals surface area contributed by atoms with Crippen LogP contribution in [0.25, 0.3) is 11.3 Å². The monoisotopic (exact) mass is 408 g/mol. The second-order valence-corrected chi connectivity index (χ2v) is 7.01. The van der Waals surface area contributed by atoms with Crippen LogP contribution in [-0.4, -0.2) is 51.3 Å². The minimum atomic E-state index is -0.482. The molecule has 3 aromatic rings. The lowest BCUT2D eigenvalue weighted by Gasteiger charge is -2.26. The minimum Gasteiger partial charge on any atom is -0.508 e. The Morgan fingerprint density at radius 2 is 2.07 bits per heavy atom. The van der Waals surface area contributed by atoms with Crippen molar-refractivity contribution in [3.05, 3.63) is 75.5 Å². The van der Waals surface area contributed by atoms with E-state index >= 15 is 0 Å². The van der Waals surface area contributed by atoms with Gasteiger partial charge in [-0.2, -0.15) is 5.10 Å². The van der Waals surface area contributed by atoms with E-state index in [0.29, 0.717) is 42.1 Å². The first kappa shape index (κ1) is 19.6. The zero-order valence-corrected chi connectivity index (χ0v) is 16.2. The number of aromatic nitrogens is 2. The van der Waals surface area contributed by atoms with Crippen LogP contribution in [0.5, 0.6) is 5.75 Å². The van der Waals surface area contributed by atoms with Crippen LogP contribution in [-0.2, 0) is 4.74 Å². The van der Waals surface area contributed by atoms with Gasteiger partial charge in [0.05, 0.1) is 16.7 Å². The first-order valence-corrected chi connectivity index (χ1v) is 9.43. The lowest BCUT2D eigenvalue weighted by Crippen LogP contribution is -2.31. The van der Waals surface area contributed by atoms with Crippen LogP contribution < -0.4 is 0 Å². The number of methoxy groups -OCH3 is 1. The number of aromatic amines is 1. The van der Waals surface area contributed by atoms with Gasteiger partial charge < -0.3 is 14.7 Å². The highest BCUT2D eigenvalue weighted by molar-refractivity contribution is 6.00. The molecule has 1 aliphatic heterocycles. The van der Waals surface area contributed by atoms with Gasteiger partial charge in [-0.25, -0.2) is 0 Å². The molecule has 0 bridgehead atoms. The first-order chi connectivity index (χ1) is 14.5. The van der Waals surface area contributed by atoms with E-state index in [1.807, 2.05) is 6.07 Å². The number of rotatable bonds is 7. The lowest BCUT2D eigenvalue weighted by molar-refractivity contribution is -0.384. The lowest BCUT2D eigenvalue weighted by atomic mass is 9.95. The second-order valence-electron chi connectivity index (χ2n) is 7.01. The number of nitrogens with one attached hydrogen (secondary N) is 1. The number of nitro benzene ring substituents is 1. The van der Waals surface area contributed by atoms with E-state index in [1.54, 1.807) is 42.3 Å². The molecule has 1 amide bonds. The fourth-order valence-electron chi connectivity index (χ4n) is 3.83. The number of nitro groups is 1. The van der Waals surface area contributed by atoms with Gasteiger partial charge in [-0.1, -0.05) is 24.3 Å². The smallest absolute Gasteiger partial charge is 0.273 e. The third kappa shape index (κ3) is 3.39. The summed E-state index contributed by atoms with van der Waals surface area (Å²) >= 11 is 0. The molecule has 1 aromatic heterocycles. The zero-order valence-electron chi connectivity index (χ0n) is 16.2. The highest BCUT2D eigenvalue weighted by Crippen LogP contribution is 2.43. The van der Waals surface area contributed by atoms with E-state index in [0.717, 1.165) is 5.56 Å². The van der Waals surface area contributed by atoms with E-state index in [2.05, 4.69) is 10.2 Å². The van der Waals surface area contributed by atoms with Crippen molar-refractivity contribution in [1.82, 2.24) is 15.1 Å². The largest absolute Gasteiger partial charge is 0.508 e. The van der Waals surface area contributed by atoms with Gasteiger partial charge in [0.2, 0.25) is 0 Å². The summed E-state index contributed by atoms with van der Waals surface area (Å²) < 4.78 is 5.12. The van der Waals surface area contributed by atoms with Crippen LogP contribution in [0.3, 0.4) is 0 Å². The maximum absolute atomic E-state index is 13.1. The van der Waals surface area contributed by atoms with Gasteiger partial charge in [0.1, 0.15) is 11.4 Å². The second kappa shape index (κ2) is 7.96. The predicted octanol–water partition coefficient (Wildman–Crippen LogP) is 3.27. The maximum atomic E-state index is 13.1. The molecule has 0 saturated heterocycles. The summed E-state index contributed by atoms with van der Waals surface area (Å²) in [6.45, 7) is 0.949. The van der Waals surface area contributed by atoms with Crippen molar-refractivity contribution >= 4 is 11.6 Å². The molecule has 9 nitrogen and oxygen atoms in total. The van der Waals surface area contributed by atoms with Gasteiger partial charge in [0.15, 0.2) is 0 Å². The number of H-pyrrole nitrogens is 1. The summed E-state index contributed by atoms with van der Waals surface area (Å²) in [6, 6.07) is 12.4. The summed E-state index contributed by atoms with van der Waals surface area (Å²) in [4.78, 5) is 25.6. The minimum absolute atomic E-state index is 0.0561. The van der Waals surface area contributed by atoms with Gasteiger partial charge in [-0.05, 0) is 24.1 Å². The fraction of sp³-hybridized carbons (Fsp3) is 0.238. The molecule has 4 rings (SSSR count). The van der Waals surface area contributed by atoms with Crippen molar-refractivity contribution in [1.29, 1.82) is 0 Å². The molecule has 0 saturated carbocycles. The molecule has 30 heavy (non-hydrogen) atoms. The molecule has 1 aliphatic rings. The topological polar surface area (TPSA) is 122 Å². The Morgan fingerprint density at radius 3 is 2.80 bits per heavy atom.